The van der Waals surface area contributed by atoms with Crippen LogP contribution in [0.5, 0.6) is 0 Å². The monoisotopic (exact) mass is 332 g/mol. The molecule has 0 fully saturated rings. The lowest BCUT2D eigenvalue weighted by atomic mass is 10.1. The van der Waals surface area contributed by atoms with Crippen LogP contribution in [0.3, 0.4) is 0 Å². The number of anilines is 1. The van der Waals surface area contributed by atoms with Crippen LogP contribution in [0.25, 0.3) is 0 Å². The van der Waals surface area contributed by atoms with Crippen LogP contribution in [-0.2, 0) is 24.2 Å². The summed E-state index contributed by atoms with van der Waals surface area (Å²) in [4.78, 5) is 18.1. The van der Waals surface area contributed by atoms with Gasteiger partial charge in [-0.15, -0.1) is 11.6 Å². The van der Waals surface area contributed by atoms with Crippen molar-refractivity contribution >= 4 is 23.3 Å². The summed E-state index contributed by atoms with van der Waals surface area (Å²) < 4.78 is 14.1. The number of benzene rings is 1. The number of alkyl halides is 1. The molecule has 3 nitrogen and oxygen atoms in total. The van der Waals surface area contributed by atoms with Gasteiger partial charge in [0.25, 0.3) is 0 Å². The number of fused-ring (bicyclic) bond motifs is 1. The van der Waals surface area contributed by atoms with Gasteiger partial charge in [0, 0.05) is 11.8 Å². The lowest BCUT2D eigenvalue weighted by Crippen LogP contribution is -2.33. The topological polar surface area (TPSA) is 33.2 Å². The van der Waals surface area contributed by atoms with Crippen molar-refractivity contribution in [3.8, 4) is 0 Å². The number of amides is 1. The average Bonchev–Trinajstić information content (AvgIpc) is 3.01. The number of hydrogen-bond donors (Lipinski definition) is 0. The molecule has 0 spiro atoms. The van der Waals surface area contributed by atoms with E-state index in [1.54, 1.807) is 6.07 Å². The van der Waals surface area contributed by atoms with Gasteiger partial charge in [-0.25, -0.2) is 9.37 Å². The molecule has 0 saturated carbocycles. The molecule has 0 atom stereocenters. The van der Waals surface area contributed by atoms with E-state index in [0.717, 1.165) is 24.8 Å². The summed E-state index contributed by atoms with van der Waals surface area (Å²) >= 11 is 5.75. The summed E-state index contributed by atoms with van der Waals surface area (Å²) in [6, 6.07) is 6.83. The molecule has 1 aliphatic carbocycles. The Morgan fingerprint density at radius 2 is 2.13 bits per heavy atom. The van der Waals surface area contributed by atoms with Crippen molar-refractivity contribution in [2.24, 2.45) is 0 Å². The molecule has 1 aromatic heterocycles. The fraction of sp³-hybridized carbons (Fsp3) is 0.333. The minimum absolute atomic E-state index is 0.135. The van der Waals surface area contributed by atoms with Gasteiger partial charge in [0.05, 0.1) is 6.54 Å². The summed E-state index contributed by atoms with van der Waals surface area (Å²) in [7, 11) is 0. The first kappa shape index (κ1) is 15.9. The van der Waals surface area contributed by atoms with Crippen LogP contribution < -0.4 is 4.90 Å². The Morgan fingerprint density at radius 3 is 2.87 bits per heavy atom. The van der Waals surface area contributed by atoms with Crippen molar-refractivity contribution < 1.29 is 9.18 Å². The van der Waals surface area contributed by atoms with Gasteiger partial charge in [0.1, 0.15) is 17.5 Å². The first-order valence-corrected chi connectivity index (χ1v) is 8.21. The summed E-state index contributed by atoms with van der Waals surface area (Å²) in [5.41, 5.74) is 3.74. The standard InChI is InChI=1S/C18H18ClFN2O/c1-12-4-2-7-16(20)15(12)11-22(18(23)9-19)17-8-13-5-3-6-14(13)10-21-17/h2,4,7-8,10H,3,5-6,9,11H2,1H3. The third-order valence-corrected chi connectivity index (χ3v) is 4.55. The highest BCUT2D eigenvalue weighted by atomic mass is 35.5. The van der Waals surface area contributed by atoms with Crippen molar-refractivity contribution in [1.29, 1.82) is 0 Å². The second kappa shape index (κ2) is 6.67. The van der Waals surface area contributed by atoms with Crippen LogP contribution in [0.1, 0.15) is 28.7 Å². The zero-order chi connectivity index (χ0) is 16.4. The maximum absolute atomic E-state index is 14.1. The lowest BCUT2D eigenvalue weighted by Gasteiger charge is -2.23. The number of carbonyl (C=O) groups excluding carboxylic acids is 1. The molecule has 0 aliphatic heterocycles. The second-order valence-corrected chi connectivity index (χ2v) is 6.08. The summed E-state index contributed by atoms with van der Waals surface area (Å²) in [5, 5.41) is 0. The molecule has 1 heterocycles. The van der Waals surface area contributed by atoms with Gasteiger partial charge in [-0.3, -0.25) is 9.69 Å². The molecule has 1 aromatic carbocycles. The molecule has 5 heteroatoms. The van der Waals surface area contributed by atoms with E-state index in [0.29, 0.717) is 11.4 Å². The molecule has 0 radical (unpaired) electrons. The van der Waals surface area contributed by atoms with E-state index in [1.807, 2.05) is 25.3 Å². The largest absolute Gasteiger partial charge is 0.291 e. The summed E-state index contributed by atoms with van der Waals surface area (Å²) in [5.74, 6) is -0.219. The molecule has 2 aromatic rings. The Labute approximate surface area is 140 Å². The molecule has 0 saturated heterocycles. The number of hydrogen-bond acceptors (Lipinski definition) is 2. The zero-order valence-electron chi connectivity index (χ0n) is 13.0. The van der Waals surface area contributed by atoms with Crippen molar-refractivity contribution in [1.82, 2.24) is 4.98 Å². The van der Waals surface area contributed by atoms with E-state index in [1.165, 1.54) is 22.1 Å². The molecule has 3 rings (SSSR count). The molecule has 120 valence electrons. The molecule has 0 N–H and O–H groups in total. The van der Waals surface area contributed by atoms with Crippen molar-refractivity contribution in [3.05, 3.63) is 58.5 Å². The van der Waals surface area contributed by atoms with Gasteiger partial charge < -0.3 is 0 Å². The number of pyridine rings is 1. The maximum Gasteiger partial charge on any atom is 0.243 e. The quantitative estimate of drug-likeness (QED) is 0.798. The predicted molar refractivity (Wildman–Crippen MR) is 89.3 cm³/mol. The molecular formula is C18H18ClFN2O. The fourth-order valence-electron chi connectivity index (χ4n) is 2.98. The number of carbonyl (C=O) groups is 1. The maximum atomic E-state index is 14.1. The number of rotatable bonds is 4. The van der Waals surface area contributed by atoms with E-state index in [9.17, 15) is 9.18 Å². The highest BCUT2D eigenvalue weighted by Crippen LogP contribution is 2.26. The van der Waals surface area contributed by atoms with E-state index < -0.39 is 0 Å². The SMILES string of the molecule is Cc1cccc(F)c1CN(C(=O)CCl)c1cc2c(cn1)CCC2. The van der Waals surface area contributed by atoms with E-state index in [4.69, 9.17) is 11.6 Å². The number of nitrogens with zero attached hydrogens (tertiary/aromatic N) is 2. The Balaban J connectivity index is 1.97. The van der Waals surface area contributed by atoms with Gasteiger partial charge in [0.15, 0.2) is 0 Å². The normalized spacial score (nSPS) is 13.0. The first-order valence-electron chi connectivity index (χ1n) is 7.68. The Morgan fingerprint density at radius 1 is 1.35 bits per heavy atom. The highest BCUT2D eigenvalue weighted by Gasteiger charge is 2.21. The first-order chi connectivity index (χ1) is 11.1. The second-order valence-electron chi connectivity index (χ2n) is 5.81. The van der Waals surface area contributed by atoms with Crippen LogP contribution in [0.4, 0.5) is 10.2 Å². The minimum Gasteiger partial charge on any atom is -0.291 e. The van der Waals surface area contributed by atoms with Gasteiger partial charge in [-0.05, 0) is 55.0 Å². The highest BCUT2D eigenvalue weighted by molar-refractivity contribution is 6.29. The van der Waals surface area contributed by atoms with E-state index in [-0.39, 0.29) is 24.1 Å². The molecule has 0 unspecified atom stereocenters. The van der Waals surface area contributed by atoms with Crippen LogP contribution in [-0.4, -0.2) is 16.8 Å². The third-order valence-electron chi connectivity index (χ3n) is 4.32. The van der Waals surface area contributed by atoms with Crippen LogP contribution in [0.2, 0.25) is 0 Å². The minimum atomic E-state index is -0.321. The van der Waals surface area contributed by atoms with Gasteiger partial charge >= 0.3 is 0 Å². The molecule has 23 heavy (non-hydrogen) atoms. The van der Waals surface area contributed by atoms with Crippen molar-refractivity contribution in [2.45, 2.75) is 32.7 Å². The Bertz CT molecular complexity index is 728. The molecule has 0 bridgehead atoms. The Hall–Kier alpha value is -1.94. The predicted octanol–water partition coefficient (Wildman–Crippen LogP) is 3.79. The molecule has 1 amide bonds. The van der Waals surface area contributed by atoms with Crippen molar-refractivity contribution in [3.63, 3.8) is 0 Å². The summed E-state index contributed by atoms with van der Waals surface area (Å²) in [6.45, 7) is 1.97. The number of aromatic nitrogens is 1. The smallest absolute Gasteiger partial charge is 0.243 e. The van der Waals surface area contributed by atoms with Crippen LogP contribution >= 0.6 is 11.6 Å². The van der Waals surface area contributed by atoms with Crippen LogP contribution in [0, 0.1) is 12.7 Å². The summed E-state index contributed by atoms with van der Waals surface area (Å²) in [6.07, 6.45) is 4.95. The van der Waals surface area contributed by atoms with E-state index >= 15 is 0 Å². The Kier molecular flexibility index (Phi) is 4.62. The molecular weight excluding hydrogens is 315 g/mol. The van der Waals surface area contributed by atoms with Gasteiger partial charge in [-0.1, -0.05) is 12.1 Å². The van der Waals surface area contributed by atoms with Crippen molar-refractivity contribution in [2.75, 3.05) is 10.8 Å². The van der Waals surface area contributed by atoms with Gasteiger partial charge in [0.2, 0.25) is 5.91 Å². The number of halogens is 2. The molecule has 1 aliphatic rings. The zero-order valence-corrected chi connectivity index (χ0v) is 13.7. The number of aryl methyl sites for hydroxylation is 3. The third kappa shape index (κ3) is 3.22. The van der Waals surface area contributed by atoms with E-state index in [2.05, 4.69) is 4.98 Å². The van der Waals surface area contributed by atoms with Gasteiger partial charge in [-0.2, -0.15) is 0 Å². The van der Waals surface area contributed by atoms with Crippen LogP contribution in [0.15, 0.2) is 30.5 Å². The average molecular weight is 333 g/mol. The lowest BCUT2D eigenvalue weighted by molar-refractivity contribution is -0.116. The fourth-order valence-corrected chi connectivity index (χ4v) is 3.13.